The standard InChI is InChI=1S/C37H52ClN3O6S/c1-9-13-27-21-29(38)14-16-31(27)28-23-40(20-18-26(11-3)33(42)12-4)32-22-30(15-17-34(32)46-24-28)48(45)39-35(43)25(5)41(19-10-2)36(44)47-37(6,7)8/h10,12,14-17,21-22,25-26,28,33,42H,2,4,9,11,13,18-20,23-24H2,1,3,5-8H3,(H,39,43)/t25-,26?,28?,33?,48?/m1/s1. The maximum atomic E-state index is 13.6. The van der Waals surface area contributed by atoms with Crippen molar-refractivity contribution in [1.82, 2.24) is 9.62 Å². The Labute approximate surface area is 293 Å². The minimum atomic E-state index is -1.94. The van der Waals surface area contributed by atoms with Gasteiger partial charge < -0.3 is 19.5 Å². The van der Waals surface area contributed by atoms with Crippen LogP contribution in [-0.4, -0.2) is 70.2 Å². The molecule has 1 aliphatic heterocycles. The largest absolute Gasteiger partial charge is 0.491 e. The minimum Gasteiger partial charge on any atom is -0.491 e. The molecule has 0 saturated heterocycles. The average Bonchev–Trinajstić information content (AvgIpc) is 3.21. The molecular formula is C37H52ClN3O6S. The summed E-state index contributed by atoms with van der Waals surface area (Å²) in [6.45, 7) is 20.2. The summed E-state index contributed by atoms with van der Waals surface area (Å²) in [5, 5.41) is 11.3. The zero-order chi connectivity index (χ0) is 35.6. The van der Waals surface area contributed by atoms with Gasteiger partial charge in [-0.15, -0.1) is 13.2 Å². The number of carbonyl (C=O) groups is 2. The molecule has 1 heterocycles. The first-order valence-corrected chi connectivity index (χ1v) is 18.2. The highest BCUT2D eigenvalue weighted by molar-refractivity contribution is 7.83. The van der Waals surface area contributed by atoms with Gasteiger partial charge in [0.25, 0.3) is 5.91 Å². The molecule has 0 aliphatic carbocycles. The fourth-order valence-electron chi connectivity index (χ4n) is 5.81. The van der Waals surface area contributed by atoms with Crippen LogP contribution in [0.2, 0.25) is 5.02 Å². The quantitative estimate of drug-likeness (QED) is 0.189. The van der Waals surface area contributed by atoms with Gasteiger partial charge in [0.1, 0.15) is 17.4 Å². The molecule has 1 aliphatic rings. The van der Waals surface area contributed by atoms with Gasteiger partial charge in [0.2, 0.25) is 0 Å². The summed E-state index contributed by atoms with van der Waals surface area (Å²) in [4.78, 5) is 29.9. The summed E-state index contributed by atoms with van der Waals surface area (Å²) in [7, 11) is -1.94. The van der Waals surface area contributed by atoms with E-state index in [2.05, 4.69) is 35.8 Å². The molecule has 0 bridgehead atoms. The molecule has 9 nitrogen and oxygen atoms in total. The third-order valence-corrected chi connectivity index (χ3v) is 9.75. The van der Waals surface area contributed by atoms with E-state index in [0.717, 1.165) is 24.9 Å². The Hall–Kier alpha value is -3.34. The van der Waals surface area contributed by atoms with Crippen molar-refractivity contribution in [3.8, 4) is 5.75 Å². The number of nitrogens with zero attached hydrogens (tertiary/aromatic N) is 2. The second kappa shape index (κ2) is 17.9. The zero-order valence-corrected chi connectivity index (χ0v) is 30.7. The van der Waals surface area contributed by atoms with Crippen molar-refractivity contribution in [3.05, 3.63) is 77.9 Å². The predicted molar refractivity (Wildman–Crippen MR) is 194 cm³/mol. The monoisotopic (exact) mass is 701 g/mol. The van der Waals surface area contributed by atoms with Crippen molar-refractivity contribution < 1.29 is 28.4 Å². The number of hydrogen-bond donors (Lipinski definition) is 2. The van der Waals surface area contributed by atoms with Crippen molar-refractivity contribution in [3.63, 3.8) is 0 Å². The van der Waals surface area contributed by atoms with Gasteiger partial charge in [-0.3, -0.25) is 14.4 Å². The van der Waals surface area contributed by atoms with Crippen molar-refractivity contribution in [2.24, 2.45) is 5.92 Å². The van der Waals surface area contributed by atoms with E-state index in [1.165, 1.54) is 22.1 Å². The lowest BCUT2D eigenvalue weighted by Crippen LogP contribution is -2.49. The number of ether oxygens (including phenoxy) is 2. The van der Waals surface area contributed by atoms with E-state index in [1.807, 2.05) is 19.1 Å². The molecule has 2 N–H and O–H groups in total. The number of anilines is 1. The second-order valence-electron chi connectivity index (χ2n) is 13.2. The fraction of sp³-hybridized carbons (Fsp3) is 0.514. The van der Waals surface area contributed by atoms with Gasteiger partial charge in [0, 0.05) is 30.6 Å². The Morgan fingerprint density at radius 1 is 1.23 bits per heavy atom. The number of aryl methyl sites for hydroxylation is 1. The van der Waals surface area contributed by atoms with E-state index in [0.29, 0.717) is 41.8 Å². The van der Waals surface area contributed by atoms with E-state index >= 15 is 0 Å². The van der Waals surface area contributed by atoms with Gasteiger partial charge in [-0.25, -0.2) is 9.00 Å². The molecule has 0 aromatic heterocycles. The molecule has 0 radical (unpaired) electrons. The van der Waals surface area contributed by atoms with Gasteiger partial charge in [-0.2, -0.15) is 0 Å². The average molecular weight is 702 g/mol. The Balaban J connectivity index is 1.92. The van der Waals surface area contributed by atoms with Crippen LogP contribution < -0.4 is 14.4 Å². The number of rotatable bonds is 15. The lowest BCUT2D eigenvalue weighted by molar-refractivity contribution is -0.123. The first-order valence-electron chi connectivity index (χ1n) is 16.7. The van der Waals surface area contributed by atoms with Crippen LogP contribution >= 0.6 is 11.6 Å². The molecule has 11 heteroatoms. The molecule has 0 fully saturated rings. The van der Waals surface area contributed by atoms with Crippen LogP contribution in [-0.2, 0) is 26.9 Å². The molecule has 2 aromatic carbocycles. The third-order valence-electron chi connectivity index (χ3n) is 8.44. The molecule has 3 rings (SSSR count). The number of aliphatic hydroxyl groups is 1. The minimum absolute atomic E-state index is 0.0151. The Kier molecular flexibility index (Phi) is 14.6. The summed E-state index contributed by atoms with van der Waals surface area (Å²) in [5.41, 5.74) is 2.36. The van der Waals surface area contributed by atoms with Crippen LogP contribution in [0.15, 0.2) is 66.6 Å². The fourth-order valence-corrected chi connectivity index (χ4v) is 6.88. The summed E-state index contributed by atoms with van der Waals surface area (Å²) < 4.78 is 28.0. The first kappa shape index (κ1) is 39.1. The SMILES string of the molecule is C=CCN(C(=O)OC(C)(C)C)[C@H](C)C(=O)NS(=O)c1ccc2c(c1)N(CCC(CC)C(O)C=C)CC(c1ccc(Cl)cc1CCC)CO2. The molecule has 5 atom stereocenters. The highest BCUT2D eigenvalue weighted by Gasteiger charge is 2.31. The van der Waals surface area contributed by atoms with Gasteiger partial charge in [0.15, 0.2) is 11.0 Å². The Bertz CT molecular complexity index is 1460. The lowest BCUT2D eigenvalue weighted by Gasteiger charge is -2.30. The van der Waals surface area contributed by atoms with Crippen LogP contribution in [0.4, 0.5) is 10.5 Å². The first-order chi connectivity index (χ1) is 22.7. The number of nitrogens with one attached hydrogen (secondary N) is 1. The summed E-state index contributed by atoms with van der Waals surface area (Å²) >= 11 is 6.38. The van der Waals surface area contributed by atoms with Gasteiger partial charge in [-0.1, -0.05) is 56.5 Å². The Morgan fingerprint density at radius 3 is 2.58 bits per heavy atom. The van der Waals surface area contributed by atoms with Crippen LogP contribution in [0.1, 0.15) is 77.8 Å². The topological polar surface area (TPSA) is 108 Å². The van der Waals surface area contributed by atoms with Gasteiger partial charge >= 0.3 is 6.09 Å². The molecule has 4 unspecified atom stereocenters. The number of carbonyl (C=O) groups excluding carboxylic acids is 2. The van der Waals surface area contributed by atoms with Crippen LogP contribution in [0, 0.1) is 5.92 Å². The highest BCUT2D eigenvalue weighted by atomic mass is 35.5. The second-order valence-corrected chi connectivity index (χ2v) is 14.8. The maximum absolute atomic E-state index is 13.6. The molecular weight excluding hydrogens is 650 g/mol. The van der Waals surface area contributed by atoms with Crippen molar-refractivity contribution in [2.75, 3.05) is 31.1 Å². The van der Waals surface area contributed by atoms with Crippen LogP contribution in [0.5, 0.6) is 5.75 Å². The summed E-state index contributed by atoms with van der Waals surface area (Å²) in [6.07, 6.45) is 5.13. The van der Waals surface area contributed by atoms with Gasteiger partial charge in [0.05, 0.1) is 23.3 Å². The van der Waals surface area contributed by atoms with E-state index in [9.17, 15) is 18.9 Å². The lowest BCUT2D eigenvalue weighted by atomic mass is 9.91. The van der Waals surface area contributed by atoms with Crippen LogP contribution in [0.25, 0.3) is 0 Å². The molecule has 0 saturated carbocycles. The molecule has 2 amide bonds. The summed E-state index contributed by atoms with van der Waals surface area (Å²) in [6, 6.07) is 10.3. The number of halogens is 1. The number of benzene rings is 2. The Morgan fingerprint density at radius 2 is 1.96 bits per heavy atom. The molecule has 264 valence electrons. The third kappa shape index (κ3) is 10.6. The highest BCUT2D eigenvalue weighted by Crippen LogP contribution is 2.38. The van der Waals surface area contributed by atoms with Gasteiger partial charge in [-0.05, 0) is 87.9 Å². The number of aliphatic hydroxyl groups excluding tert-OH is 1. The summed E-state index contributed by atoms with van der Waals surface area (Å²) in [5.74, 6) is 0.0862. The van der Waals surface area contributed by atoms with Crippen molar-refractivity contribution in [2.45, 2.75) is 95.8 Å². The number of hydrogen-bond acceptors (Lipinski definition) is 7. The normalized spacial score (nSPS) is 17.1. The van der Waals surface area contributed by atoms with E-state index in [4.69, 9.17) is 21.1 Å². The van der Waals surface area contributed by atoms with E-state index in [-0.39, 0.29) is 18.4 Å². The van der Waals surface area contributed by atoms with E-state index < -0.39 is 40.7 Å². The molecule has 0 spiro atoms. The van der Waals surface area contributed by atoms with E-state index in [1.54, 1.807) is 52.0 Å². The maximum Gasteiger partial charge on any atom is 0.411 e. The smallest absolute Gasteiger partial charge is 0.411 e. The van der Waals surface area contributed by atoms with Crippen molar-refractivity contribution >= 4 is 40.3 Å². The number of amides is 2. The number of fused-ring (bicyclic) bond motifs is 1. The molecule has 2 aromatic rings. The predicted octanol–water partition coefficient (Wildman–Crippen LogP) is 7.19. The van der Waals surface area contributed by atoms with Crippen molar-refractivity contribution in [1.29, 1.82) is 0 Å². The van der Waals surface area contributed by atoms with Crippen LogP contribution in [0.3, 0.4) is 0 Å². The molecule has 48 heavy (non-hydrogen) atoms. The zero-order valence-electron chi connectivity index (χ0n) is 29.2.